The summed E-state index contributed by atoms with van der Waals surface area (Å²) in [6.07, 6.45) is 2.61. The average Bonchev–Trinajstić information content (AvgIpc) is 2.93. The summed E-state index contributed by atoms with van der Waals surface area (Å²) in [7, 11) is 0. The van der Waals surface area contributed by atoms with Crippen LogP contribution in [-0.2, 0) is 0 Å². The highest BCUT2D eigenvalue weighted by molar-refractivity contribution is 5.63. The Morgan fingerprint density at radius 3 is 2.33 bits per heavy atom. The van der Waals surface area contributed by atoms with Gasteiger partial charge in [-0.15, -0.1) is 0 Å². The van der Waals surface area contributed by atoms with Gasteiger partial charge in [-0.1, -0.05) is 54.6 Å². The van der Waals surface area contributed by atoms with Crippen molar-refractivity contribution in [3.63, 3.8) is 0 Å². The maximum Gasteiger partial charge on any atom is 0.0424 e. The van der Waals surface area contributed by atoms with E-state index in [4.69, 9.17) is 5.73 Å². The minimum Gasteiger partial charge on any atom is -0.323 e. The molecular weight excluding hydrogens is 256 g/mol. The summed E-state index contributed by atoms with van der Waals surface area (Å²) in [5.74, 6) is 0. The summed E-state index contributed by atoms with van der Waals surface area (Å²) in [6, 6.07) is 20.0. The van der Waals surface area contributed by atoms with Crippen LogP contribution in [0.4, 0.5) is 0 Å². The molecule has 1 fully saturated rings. The fourth-order valence-electron chi connectivity index (χ4n) is 3.18. The maximum absolute atomic E-state index is 6.38. The molecule has 2 unspecified atom stereocenters. The number of nitrogens with two attached hydrogens (primary N) is 1. The van der Waals surface area contributed by atoms with Crippen molar-refractivity contribution < 1.29 is 0 Å². The molecule has 3 rings (SSSR count). The standard InChI is InChI=1S/C19H24N2/c1-15-6-5-13-21(15)14-19(20)18-11-9-17(10-12-18)16-7-3-2-4-8-16/h2-4,7-12,15,19H,5-6,13-14,20H2,1H3. The molecule has 0 saturated carbocycles. The number of hydrogen-bond acceptors (Lipinski definition) is 2. The molecule has 110 valence electrons. The smallest absolute Gasteiger partial charge is 0.0424 e. The van der Waals surface area contributed by atoms with Crippen molar-refractivity contribution in [2.75, 3.05) is 13.1 Å². The Hall–Kier alpha value is -1.64. The van der Waals surface area contributed by atoms with Crippen molar-refractivity contribution in [2.24, 2.45) is 5.73 Å². The molecule has 0 radical (unpaired) electrons. The first-order valence-electron chi connectivity index (χ1n) is 7.89. The number of rotatable bonds is 4. The third-order valence-electron chi connectivity index (χ3n) is 4.57. The van der Waals surface area contributed by atoms with Crippen molar-refractivity contribution >= 4 is 0 Å². The van der Waals surface area contributed by atoms with Crippen LogP contribution in [0, 0.1) is 0 Å². The molecule has 1 heterocycles. The Morgan fingerprint density at radius 2 is 1.71 bits per heavy atom. The average molecular weight is 280 g/mol. The van der Waals surface area contributed by atoms with Gasteiger partial charge in [-0.05, 0) is 43.0 Å². The van der Waals surface area contributed by atoms with Gasteiger partial charge in [0.15, 0.2) is 0 Å². The van der Waals surface area contributed by atoms with E-state index in [0.29, 0.717) is 6.04 Å². The van der Waals surface area contributed by atoms with E-state index in [1.54, 1.807) is 0 Å². The highest BCUT2D eigenvalue weighted by Crippen LogP contribution is 2.23. The minimum absolute atomic E-state index is 0.107. The van der Waals surface area contributed by atoms with Gasteiger partial charge in [0, 0.05) is 18.6 Å². The molecule has 1 saturated heterocycles. The third-order valence-corrected chi connectivity index (χ3v) is 4.57. The van der Waals surface area contributed by atoms with Crippen molar-refractivity contribution in [1.29, 1.82) is 0 Å². The Labute approximate surface area is 127 Å². The summed E-state index contributed by atoms with van der Waals surface area (Å²) in [5.41, 5.74) is 10.1. The topological polar surface area (TPSA) is 29.3 Å². The molecule has 2 heteroatoms. The van der Waals surface area contributed by atoms with E-state index in [2.05, 4.69) is 60.4 Å². The number of likely N-dealkylation sites (tertiary alicyclic amines) is 1. The van der Waals surface area contributed by atoms with Crippen molar-refractivity contribution in [3.8, 4) is 11.1 Å². The van der Waals surface area contributed by atoms with Crippen LogP contribution < -0.4 is 5.73 Å². The van der Waals surface area contributed by atoms with Crippen LogP contribution >= 0.6 is 0 Å². The molecule has 0 bridgehead atoms. The van der Waals surface area contributed by atoms with Crippen LogP contribution in [0.3, 0.4) is 0 Å². The molecule has 2 N–H and O–H groups in total. The first kappa shape index (κ1) is 14.3. The second-order valence-electron chi connectivity index (χ2n) is 6.08. The summed E-state index contributed by atoms with van der Waals surface area (Å²) in [4.78, 5) is 2.51. The molecule has 1 aliphatic rings. The van der Waals surface area contributed by atoms with E-state index in [1.165, 1.54) is 36.1 Å². The molecule has 0 aromatic heterocycles. The number of benzene rings is 2. The van der Waals surface area contributed by atoms with Crippen molar-refractivity contribution in [1.82, 2.24) is 4.90 Å². The SMILES string of the molecule is CC1CCCN1CC(N)c1ccc(-c2ccccc2)cc1. The Balaban J connectivity index is 1.69. The molecule has 0 spiro atoms. The highest BCUT2D eigenvalue weighted by atomic mass is 15.2. The monoisotopic (exact) mass is 280 g/mol. The van der Waals surface area contributed by atoms with E-state index in [0.717, 1.165) is 6.54 Å². The number of hydrogen-bond donors (Lipinski definition) is 1. The van der Waals surface area contributed by atoms with E-state index in [1.807, 2.05) is 6.07 Å². The van der Waals surface area contributed by atoms with Gasteiger partial charge in [-0.2, -0.15) is 0 Å². The minimum atomic E-state index is 0.107. The van der Waals surface area contributed by atoms with Gasteiger partial charge in [0.1, 0.15) is 0 Å². The predicted molar refractivity (Wildman–Crippen MR) is 89.1 cm³/mol. The zero-order valence-electron chi connectivity index (χ0n) is 12.7. The quantitative estimate of drug-likeness (QED) is 0.922. The van der Waals surface area contributed by atoms with E-state index in [-0.39, 0.29) is 6.04 Å². The summed E-state index contributed by atoms with van der Waals surface area (Å²) < 4.78 is 0. The molecule has 2 atom stereocenters. The van der Waals surface area contributed by atoms with E-state index in [9.17, 15) is 0 Å². The van der Waals surface area contributed by atoms with Gasteiger partial charge in [-0.25, -0.2) is 0 Å². The van der Waals surface area contributed by atoms with Crippen molar-refractivity contribution in [3.05, 3.63) is 60.2 Å². The van der Waals surface area contributed by atoms with Gasteiger partial charge in [-0.3, -0.25) is 4.90 Å². The largest absolute Gasteiger partial charge is 0.323 e. The lowest BCUT2D eigenvalue weighted by Gasteiger charge is -2.25. The highest BCUT2D eigenvalue weighted by Gasteiger charge is 2.22. The zero-order valence-corrected chi connectivity index (χ0v) is 12.7. The molecule has 0 aliphatic carbocycles. The Bertz CT molecular complexity index is 562. The molecule has 2 nitrogen and oxygen atoms in total. The summed E-state index contributed by atoms with van der Waals surface area (Å²) >= 11 is 0. The van der Waals surface area contributed by atoms with Gasteiger partial charge in [0.05, 0.1) is 0 Å². The Morgan fingerprint density at radius 1 is 1.05 bits per heavy atom. The fraction of sp³-hybridized carbons (Fsp3) is 0.368. The van der Waals surface area contributed by atoms with Crippen LogP contribution in [0.15, 0.2) is 54.6 Å². The second-order valence-corrected chi connectivity index (χ2v) is 6.08. The van der Waals surface area contributed by atoms with Gasteiger partial charge in [0.2, 0.25) is 0 Å². The Kier molecular flexibility index (Phi) is 4.37. The normalized spacial score (nSPS) is 20.6. The van der Waals surface area contributed by atoms with E-state index < -0.39 is 0 Å². The fourth-order valence-corrected chi connectivity index (χ4v) is 3.18. The van der Waals surface area contributed by atoms with Crippen LogP contribution in [0.1, 0.15) is 31.4 Å². The number of nitrogens with zero attached hydrogens (tertiary/aromatic N) is 1. The van der Waals surface area contributed by atoms with Crippen LogP contribution in [0.5, 0.6) is 0 Å². The predicted octanol–water partition coefficient (Wildman–Crippen LogP) is 3.84. The lowest BCUT2D eigenvalue weighted by Crippen LogP contribution is -2.34. The zero-order chi connectivity index (χ0) is 14.7. The molecule has 2 aromatic rings. The molecule has 1 aliphatic heterocycles. The van der Waals surface area contributed by atoms with Crippen LogP contribution in [-0.4, -0.2) is 24.0 Å². The summed E-state index contributed by atoms with van der Waals surface area (Å²) in [6.45, 7) is 4.46. The lowest BCUT2D eigenvalue weighted by molar-refractivity contribution is 0.252. The first-order chi connectivity index (χ1) is 10.2. The second kappa shape index (κ2) is 6.42. The maximum atomic E-state index is 6.38. The van der Waals surface area contributed by atoms with Gasteiger partial charge >= 0.3 is 0 Å². The molecular formula is C19H24N2. The summed E-state index contributed by atoms with van der Waals surface area (Å²) in [5, 5.41) is 0. The third kappa shape index (κ3) is 3.34. The molecule has 0 amide bonds. The van der Waals surface area contributed by atoms with Crippen LogP contribution in [0.2, 0.25) is 0 Å². The lowest BCUT2D eigenvalue weighted by atomic mass is 10.0. The first-order valence-corrected chi connectivity index (χ1v) is 7.89. The molecule has 21 heavy (non-hydrogen) atoms. The molecule has 2 aromatic carbocycles. The van der Waals surface area contributed by atoms with Crippen LogP contribution in [0.25, 0.3) is 11.1 Å². The van der Waals surface area contributed by atoms with E-state index >= 15 is 0 Å². The van der Waals surface area contributed by atoms with Crippen molar-refractivity contribution in [2.45, 2.75) is 31.8 Å². The van der Waals surface area contributed by atoms with Gasteiger partial charge in [0.25, 0.3) is 0 Å². The van der Waals surface area contributed by atoms with Gasteiger partial charge < -0.3 is 5.73 Å².